The maximum atomic E-state index is 13.2. The van der Waals surface area contributed by atoms with E-state index >= 15 is 0 Å². The lowest BCUT2D eigenvalue weighted by atomic mass is 10.1. The fourth-order valence-electron chi connectivity index (χ4n) is 3.36. The van der Waals surface area contributed by atoms with Crippen molar-refractivity contribution in [2.45, 2.75) is 11.8 Å². The molecule has 8 nitrogen and oxygen atoms in total. The second-order valence-electron chi connectivity index (χ2n) is 7.70. The van der Waals surface area contributed by atoms with Crippen LogP contribution in [0.2, 0.25) is 0 Å². The normalized spacial score (nSPS) is 12.7. The van der Waals surface area contributed by atoms with E-state index in [9.17, 15) is 13.2 Å². The number of hydrogen-bond donors (Lipinski definition) is 2. The Morgan fingerprint density at radius 1 is 1.27 bits per heavy atom. The highest BCUT2D eigenvalue weighted by molar-refractivity contribution is 7.90. The van der Waals surface area contributed by atoms with Crippen LogP contribution in [0.4, 0.5) is 0 Å². The van der Waals surface area contributed by atoms with Crippen molar-refractivity contribution in [3.8, 4) is 11.3 Å². The number of carbonyl (C=O) groups excluding carboxylic acids is 1. The highest BCUT2D eigenvalue weighted by Crippen LogP contribution is 2.28. The second-order valence-corrected chi connectivity index (χ2v) is 9.66. The molecule has 0 bridgehead atoms. The van der Waals surface area contributed by atoms with E-state index in [-0.39, 0.29) is 0 Å². The number of aromatic nitrogens is 2. The van der Waals surface area contributed by atoms with Crippen LogP contribution in [0.25, 0.3) is 17.3 Å². The fraction of sp³-hybridized carbons (Fsp3) is 0.167. The van der Waals surface area contributed by atoms with Gasteiger partial charge in [0.1, 0.15) is 5.25 Å². The minimum absolute atomic E-state index is 0.482. The van der Waals surface area contributed by atoms with Gasteiger partial charge < -0.3 is 4.90 Å². The monoisotopic (exact) mass is 466 g/mol. The maximum absolute atomic E-state index is 13.2. The molecular weight excluding hydrogens is 440 g/mol. The Morgan fingerprint density at radius 2 is 2.06 bits per heavy atom. The third-order valence-electron chi connectivity index (χ3n) is 4.89. The van der Waals surface area contributed by atoms with E-state index in [0.29, 0.717) is 11.1 Å². The summed E-state index contributed by atoms with van der Waals surface area (Å²) in [6.45, 7) is 4.51. The van der Waals surface area contributed by atoms with Crippen molar-refractivity contribution in [3.63, 3.8) is 0 Å². The third-order valence-corrected chi connectivity index (χ3v) is 6.81. The van der Waals surface area contributed by atoms with E-state index in [1.165, 1.54) is 30.0 Å². The van der Waals surface area contributed by atoms with Gasteiger partial charge in [-0.3, -0.25) is 19.0 Å². The molecule has 0 aliphatic heterocycles. The minimum atomic E-state index is -3.86. The second kappa shape index (κ2) is 10.4. The standard InChI is InChI=1S/C24H26N4O4S/c1-4-23(33(31,32)28-13-12-18(17-28)8-11-24(29)26-30)21-9-10-22(25-15-21)20-7-5-6-19(14-20)16-27(2)3/h4-15,17,23,30H,1,16H2,2-3H3,(H,26,29)/b11-8+. The highest BCUT2D eigenvalue weighted by Gasteiger charge is 2.26. The molecule has 1 amide bonds. The molecule has 3 rings (SSSR count). The summed E-state index contributed by atoms with van der Waals surface area (Å²) in [5.74, 6) is -0.715. The fourth-order valence-corrected chi connectivity index (χ4v) is 4.85. The first kappa shape index (κ1) is 24.1. The molecule has 0 radical (unpaired) electrons. The van der Waals surface area contributed by atoms with Crippen molar-refractivity contribution in [2.24, 2.45) is 0 Å². The lowest BCUT2D eigenvalue weighted by Crippen LogP contribution is -2.18. The summed E-state index contributed by atoms with van der Waals surface area (Å²) in [6.07, 6.45) is 8.16. The number of hydrogen-bond acceptors (Lipinski definition) is 6. The Kier molecular flexibility index (Phi) is 7.59. The SMILES string of the molecule is C=CC(c1ccc(-c2cccc(CN(C)C)c2)nc1)S(=O)(=O)n1ccc(/C=C/C(=O)NO)c1. The number of benzene rings is 1. The molecular formula is C24H26N4O4S. The number of nitrogens with one attached hydrogen (secondary N) is 1. The molecule has 0 spiro atoms. The zero-order valence-electron chi connectivity index (χ0n) is 18.4. The summed E-state index contributed by atoms with van der Waals surface area (Å²) in [6, 6.07) is 13.1. The molecule has 2 heterocycles. The van der Waals surface area contributed by atoms with Crippen LogP contribution in [0.1, 0.15) is 21.9 Å². The van der Waals surface area contributed by atoms with Crippen molar-refractivity contribution in [1.82, 2.24) is 19.3 Å². The number of hydroxylamine groups is 1. The largest absolute Gasteiger partial charge is 0.305 e. The van der Waals surface area contributed by atoms with Crippen LogP contribution in [-0.2, 0) is 21.4 Å². The molecule has 2 aromatic heterocycles. The molecule has 0 fully saturated rings. The molecule has 0 aliphatic rings. The van der Waals surface area contributed by atoms with Crippen LogP contribution in [0.15, 0.2) is 79.8 Å². The van der Waals surface area contributed by atoms with Gasteiger partial charge in [0, 0.05) is 36.8 Å². The lowest BCUT2D eigenvalue weighted by Gasteiger charge is -2.15. The summed E-state index contributed by atoms with van der Waals surface area (Å²) in [5, 5.41) is 7.54. The van der Waals surface area contributed by atoms with Gasteiger partial charge in [0.25, 0.3) is 5.91 Å². The topological polar surface area (TPSA) is 105 Å². The first-order valence-electron chi connectivity index (χ1n) is 10.1. The van der Waals surface area contributed by atoms with Crippen LogP contribution >= 0.6 is 0 Å². The predicted molar refractivity (Wildman–Crippen MR) is 128 cm³/mol. The molecule has 9 heteroatoms. The Balaban J connectivity index is 1.85. The van der Waals surface area contributed by atoms with E-state index in [2.05, 4.69) is 28.6 Å². The molecule has 0 saturated heterocycles. The Bertz CT molecular complexity index is 1260. The Labute approximate surface area is 193 Å². The average Bonchev–Trinajstić information content (AvgIpc) is 3.28. The van der Waals surface area contributed by atoms with Gasteiger partial charge in [-0.1, -0.05) is 30.3 Å². The van der Waals surface area contributed by atoms with E-state index in [0.717, 1.165) is 33.4 Å². The molecule has 3 aromatic rings. The molecule has 1 aromatic carbocycles. The van der Waals surface area contributed by atoms with Crippen molar-refractivity contribution in [2.75, 3.05) is 14.1 Å². The lowest BCUT2D eigenvalue weighted by molar-refractivity contribution is -0.124. The first-order valence-corrected chi connectivity index (χ1v) is 11.6. The third kappa shape index (κ3) is 5.83. The van der Waals surface area contributed by atoms with Gasteiger partial charge in [0.15, 0.2) is 0 Å². The van der Waals surface area contributed by atoms with Gasteiger partial charge in [-0.25, -0.2) is 13.9 Å². The molecule has 0 saturated carbocycles. The summed E-state index contributed by atoms with van der Waals surface area (Å²) in [4.78, 5) is 17.7. The zero-order valence-corrected chi connectivity index (χ0v) is 19.2. The van der Waals surface area contributed by atoms with Crippen LogP contribution in [0.5, 0.6) is 0 Å². The summed E-state index contributed by atoms with van der Waals surface area (Å²) < 4.78 is 27.5. The molecule has 172 valence electrons. The highest BCUT2D eigenvalue weighted by atomic mass is 32.2. The van der Waals surface area contributed by atoms with Crippen LogP contribution < -0.4 is 5.48 Å². The van der Waals surface area contributed by atoms with E-state index in [4.69, 9.17) is 5.21 Å². The van der Waals surface area contributed by atoms with Gasteiger partial charge in [0.2, 0.25) is 10.0 Å². The number of rotatable bonds is 9. The van der Waals surface area contributed by atoms with Crippen LogP contribution in [0, 0.1) is 0 Å². The molecule has 1 atom stereocenters. The van der Waals surface area contributed by atoms with Gasteiger partial charge >= 0.3 is 0 Å². The smallest absolute Gasteiger partial charge is 0.267 e. The summed E-state index contributed by atoms with van der Waals surface area (Å²) >= 11 is 0. The van der Waals surface area contributed by atoms with Crippen LogP contribution in [-0.4, -0.2) is 47.5 Å². The van der Waals surface area contributed by atoms with E-state index in [1.807, 2.05) is 26.2 Å². The Hall–Kier alpha value is -3.53. The zero-order chi connectivity index (χ0) is 24.0. The number of nitrogens with zero attached hydrogens (tertiary/aromatic N) is 3. The number of carbonyl (C=O) groups is 1. The molecule has 2 N–H and O–H groups in total. The molecule has 33 heavy (non-hydrogen) atoms. The van der Waals surface area contributed by atoms with Gasteiger partial charge in [-0.05, 0) is 55.1 Å². The van der Waals surface area contributed by atoms with E-state index in [1.54, 1.807) is 24.4 Å². The predicted octanol–water partition coefficient (Wildman–Crippen LogP) is 3.24. The molecule has 1 unspecified atom stereocenters. The van der Waals surface area contributed by atoms with Crippen LogP contribution in [0.3, 0.4) is 0 Å². The van der Waals surface area contributed by atoms with Crippen molar-refractivity contribution < 1.29 is 18.4 Å². The average molecular weight is 467 g/mol. The van der Waals surface area contributed by atoms with E-state index < -0.39 is 21.2 Å². The maximum Gasteiger partial charge on any atom is 0.267 e. The minimum Gasteiger partial charge on any atom is -0.305 e. The summed E-state index contributed by atoms with van der Waals surface area (Å²) in [7, 11) is 0.155. The summed E-state index contributed by atoms with van der Waals surface area (Å²) in [5.41, 5.74) is 5.30. The first-order chi connectivity index (χ1) is 15.7. The van der Waals surface area contributed by atoms with Gasteiger partial charge in [0.05, 0.1) is 5.69 Å². The van der Waals surface area contributed by atoms with Gasteiger partial charge in [-0.2, -0.15) is 0 Å². The van der Waals surface area contributed by atoms with Gasteiger partial charge in [-0.15, -0.1) is 6.58 Å². The van der Waals surface area contributed by atoms with Crippen molar-refractivity contribution >= 4 is 22.0 Å². The quantitative estimate of drug-likeness (QED) is 0.217. The number of amides is 1. The number of pyridine rings is 1. The Morgan fingerprint density at radius 3 is 2.70 bits per heavy atom. The molecule has 0 aliphatic carbocycles. The van der Waals surface area contributed by atoms with Crippen molar-refractivity contribution in [3.05, 3.63) is 96.5 Å². The van der Waals surface area contributed by atoms with Crippen molar-refractivity contribution in [1.29, 1.82) is 0 Å².